The number of aliphatic hydroxyl groups is 1. The first-order valence-electron chi connectivity index (χ1n) is 18.8. The second-order valence-corrected chi connectivity index (χ2v) is 15.4. The summed E-state index contributed by atoms with van der Waals surface area (Å²) in [6.45, 7) is 8.65. The van der Waals surface area contributed by atoms with Crippen LogP contribution >= 0.6 is 0 Å². The van der Waals surface area contributed by atoms with Crippen molar-refractivity contribution in [2.45, 2.75) is 82.9 Å². The number of carbonyl (C=O) groups is 3. The molecule has 6 rings (SSSR count). The van der Waals surface area contributed by atoms with Gasteiger partial charge in [-0.3, -0.25) is 9.69 Å². The van der Waals surface area contributed by atoms with Gasteiger partial charge in [0.15, 0.2) is 0 Å². The van der Waals surface area contributed by atoms with Crippen LogP contribution in [-0.2, 0) is 33.0 Å². The number of hydrogen-bond donors (Lipinski definition) is 3. The fourth-order valence-electron chi connectivity index (χ4n) is 6.86. The molecular weight excluding hydrogens is 682 g/mol. The molecule has 1 heterocycles. The Balaban J connectivity index is 1.01. The normalized spacial score (nSPS) is 18.7. The minimum absolute atomic E-state index is 0.0251. The molecule has 1 saturated heterocycles. The number of piperidine rings is 1. The van der Waals surface area contributed by atoms with Crippen molar-refractivity contribution in [3.8, 4) is 5.75 Å². The van der Waals surface area contributed by atoms with Gasteiger partial charge in [-0.2, -0.15) is 0 Å². The summed E-state index contributed by atoms with van der Waals surface area (Å²) in [5.74, 6) is -0.215. The maximum atomic E-state index is 13.8. The smallest absolute Gasteiger partial charge is 0.407 e. The molecule has 1 atom stereocenters. The van der Waals surface area contributed by atoms with E-state index in [0.717, 1.165) is 38.0 Å². The van der Waals surface area contributed by atoms with Gasteiger partial charge in [0.05, 0.1) is 6.61 Å². The number of hydrogen-bond acceptors (Lipinski definition) is 8. The van der Waals surface area contributed by atoms with Crippen molar-refractivity contribution in [1.82, 2.24) is 15.5 Å². The molecule has 0 bridgehead atoms. The molecule has 1 unspecified atom stereocenters. The molecule has 1 aliphatic heterocycles. The van der Waals surface area contributed by atoms with Crippen LogP contribution in [0.2, 0.25) is 0 Å². The van der Waals surface area contributed by atoms with Crippen molar-refractivity contribution in [2.75, 3.05) is 19.7 Å². The van der Waals surface area contributed by atoms with Gasteiger partial charge < -0.3 is 30.0 Å². The van der Waals surface area contributed by atoms with Crippen molar-refractivity contribution in [1.29, 1.82) is 0 Å². The molecule has 0 aromatic heterocycles. The Morgan fingerprint density at radius 1 is 0.759 bits per heavy atom. The average molecular weight is 734 g/mol. The number of benzene rings is 4. The van der Waals surface area contributed by atoms with Gasteiger partial charge in [-0.05, 0) is 106 Å². The van der Waals surface area contributed by atoms with Crippen LogP contribution in [0.5, 0.6) is 5.75 Å². The molecule has 54 heavy (non-hydrogen) atoms. The minimum Gasteiger partial charge on any atom is -0.489 e. The van der Waals surface area contributed by atoms with Gasteiger partial charge in [-0.15, -0.1) is 0 Å². The highest BCUT2D eigenvalue weighted by Gasteiger charge is 2.42. The molecule has 1 aliphatic carbocycles. The number of ether oxygens (including phenoxy) is 3. The largest absolute Gasteiger partial charge is 0.489 e. The van der Waals surface area contributed by atoms with Crippen LogP contribution < -0.4 is 15.4 Å². The molecule has 10 heteroatoms. The summed E-state index contributed by atoms with van der Waals surface area (Å²) in [6.07, 6.45) is 2.65. The van der Waals surface area contributed by atoms with Gasteiger partial charge in [0.2, 0.25) is 5.60 Å². The van der Waals surface area contributed by atoms with Crippen molar-refractivity contribution in [3.05, 3.63) is 137 Å². The van der Waals surface area contributed by atoms with Crippen molar-refractivity contribution < 1.29 is 33.7 Å². The summed E-state index contributed by atoms with van der Waals surface area (Å²) >= 11 is 0. The zero-order chi connectivity index (χ0) is 38.1. The van der Waals surface area contributed by atoms with Crippen molar-refractivity contribution in [2.24, 2.45) is 5.92 Å². The van der Waals surface area contributed by atoms with Gasteiger partial charge in [0.25, 0.3) is 5.91 Å². The van der Waals surface area contributed by atoms with E-state index in [1.807, 2.05) is 45.0 Å². The number of rotatable bonds is 13. The minimum atomic E-state index is -2.03. The number of nitrogens with one attached hydrogen (secondary N) is 2. The van der Waals surface area contributed by atoms with Crippen LogP contribution in [0.25, 0.3) is 0 Å². The summed E-state index contributed by atoms with van der Waals surface area (Å²) in [7, 11) is 0. The lowest BCUT2D eigenvalue weighted by molar-refractivity contribution is -0.164. The maximum Gasteiger partial charge on any atom is 0.407 e. The van der Waals surface area contributed by atoms with Gasteiger partial charge in [-0.1, -0.05) is 84.9 Å². The van der Waals surface area contributed by atoms with Gasteiger partial charge in [-0.25, -0.2) is 9.59 Å². The number of amides is 2. The lowest BCUT2D eigenvalue weighted by atomic mass is 9.86. The van der Waals surface area contributed by atoms with E-state index in [1.54, 1.807) is 60.7 Å². The van der Waals surface area contributed by atoms with Crippen LogP contribution in [0.3, 0.4) is 0 Å². The second-order valence-electron chi connectivity index (χ2n) is 15.4. The molecule has 2 amide bonds. The second kappa shape index (κ2) is 17.3. The zero-order valence-electron chi connectivity index (χ0n) is 31.3. The SMILES string of the molecule is CC(C)(C)OC(=O)NC1CC(NC(=O)c2ccc(COc3cccc(C(O)(C(=O)OCC4CCN(Cc5ccccc5)CC4)c4ccccc4)c3)cc2)C1. The first-order chi connectivity index (χ1) is 25.9. The molecule has 3 N–H and O–H groups in total. The predicted molar refractivity (Wildman–Crippen MR) is 206 cm³/mol. The summed E-state index contributed by atoms with van der Waals surface area (Å²) < 4.78 is 17.3. The standard InChI is InChI=1S/C44H51N3O7/c1-43(2,3)54-42(50)46-38-26-37(27-38)45-40(48)34-19-17-32(18-20-34)29-52-39-16-10-15-36(25-39)44(51,35-13-8-5-9-14-35)41(49)53-30-33-21-23-47(24-22-33)28-31-11-6-4-7-12-31/h4-20,25,33,37-38,51H,21-24,26-30H2,1-3H3,(H,45,48)(H,46,50). The highest BCUT2D eigenvalue weighted by molar-refractivity contribution is 5.94. The zero-order valence-corrected chi connectivity index (χ0v) is 31.3. The third-order valence-corrected chi connectivity index (χ3v) is 9.96. The molecule has 0 radical (unpaired) electrons. The summed E-state index contributed by atoms with van der Waals surface area (Å²) in [5.41, 5.74) is 0.818. The highest BCUT2D eigenvalue weighted by atomic mass is 16.6. The molecular formula is C44H51N3O7. The number of alkyl carbamates (subject to hydrolysis) is 1. The number of nitrogens with zero attached hydrogens (tertiary/aromatic N) is 1. The van der Waals surface area contributed by atoms with E-state index in [0.29, 0.717) is 35.3 Å². The number of carbonyl (C=O) groups excluding carboxylic acids is 3. The Labute approximate surface area is 317 Å². The topological polar surface area (TPSA) is 126 Å². The molecule has 4 aromatic carbocycles. The molecule has 10 nitrogen and oxygen atoms in total. The average Bonchev–Trinajstić information content (AvgIpc) is 3.15. The number of esters is 1. The summed E-state index contributed by atoms with van der Waals surface area (Å²) in [4.78, 5) is 41.1. The van der Waals surface area contributed by atoms with Crippen LogP contribution in [0, 0.1) is 5.92 Å². The Kier molecular flexibility index (Phi) is 12.3. The van der Waals surface area contributed by atoms with Gasteiger partial charge in [0.1, 0.15) is 18.0 Å². The summed E-state index contributed by atoms with van der Waals surface area (Å²) in [6, 6.07) is 33.3. The van der Waals surface area contributed by atoms with Crippen LogP contribution in [0.4, 0.5) is 4.79 Å². The van der Waals surface area contributed by atoms with Crippen LogP contribution in [-0.4, -0.2) is 65.4 Å². The van der Waals surface area contributed by atoms with E-state index in [4.69, 9.17) is 14.2 Å². The fourth-order valence-corrected chi connectivity index (χ4v) is 6.86. The first kappa shape index (κ1) is 38.5. The van der Waals surface area contributed by atoms with E-state index in [1.165, 1.54) is 5.56 Å². The molecule has 2 aliphatic rings. The third-order valence-electron chi connectivity index (χ3n) is 9.96. The van der Waals surface area contributed by atoms with Gasteiger partial charge in [0, 0.05) is 29.8 Å². The quantitative estimate of drug-likeness (QED) is 0.129. The predicted octanol–water partition coefficient (Wildman–Crippen LogP) is 6.74. The third kappa shape index (κ3) is 10.3. The highest BCUT2D eigenvalue weighted by Crippen LogP contribution is 2.34. The van der Waals surface area contributed by atoms with Crippen molar-refractivity contribution >= 4 is 18.0 Å². The Hall–Kier alpha value is -5.19. The monoisotopic (exact) mass is 733 g/mol. The van der Waals surface area contributed by atoms with Gasteiger partial charge >= 0.3 is 12.1 Å². The molecule has 1 saturated carbocycles. The van der Waals surface area contributed by atoms with E-state index >= 15 is 0 Å². The molecule has 2 fully saturated rings. The first-order valence-corrected chi connectivity index (χ1v) is 18.8. The molecule has 0 spiro atoms. The van der Waals surface area contributed by atoms with Crippen LogP contribution in [0.15, 0.2) is 109 Å². The van der Waals surface area contributed by atoms with E-state index in [-0.39, 0.29) is 37.1 Å². The van der Waals surface area contributed by atoms with E-state index in [9.17, 15) is 19.5 Å². The molecule has 284 valence electrons. The number of likely N-dealkylation sites (tertiary alicyclic amines) is 1. The Morgan fingerprint density at radius 2 is 1.39 bits per heavy atom. The Morgan fingerprint density at radius 3 is 2.06 bits per heavy atom. The van der Waals surface area contributed by atoms with Crippen LogP contribution in [0.1, 0.15) is 79.1 Å². The van der Waals surface area contributed by atoms with E-state index < -0.39 is 23.3 Å². The summed E-state index contributed by atoms with van der Waals surface area (Å²) in [5, 5.41) is 18.0. The lowest BCUT2D eigenvalue weighted by Gasteiger charge is -2.36. The lowest BCUT2D eigenvalue weighted by Crippen LogP contribution is -2.54. The van der Waals surface area contributed by atoms with E-state index in [2.05, 4.69) is 39.8 Å². The Bertz CT molecular complexity index is 1850. The fraction of sp³-hybridized carbons (Fsp3) is 0.386. The van der Waals surface area contributed by atoms with Crippen molar-refractivity contribution in [3.63, 3.8) is 0 Å². The maximum absolute atomic E-state index is 13.8. The molecule has 4 aromatic rings.